The van der Waals surface area contributed by atoms with Gasteiger partial charge in [-0.3, -0.25) is 4.79 Å². The van der Waals surface area contributed by atoms with Crippen molar-refractivity contribution in [3.8, 4) is 28.6 Å². The molecule has 15 heteroatoms. The van der Waals surface area contributed by atoms with Crippen LogP contribution in [0.5, 0.6) is 17.2 Å². The summed E-state index contributed by atoms with van der Waals surface area (Å²) in [5.41, 5.74) is -0.736. The molecule has 15 nitrogen and oxygen atoms in total. The SMILES string of the molecule is COc1cc(O[C@@H]2O[C@H](CO)[C@@H](O)[C@H](O)[C@H]2O)c2c(=O)cc(-c3ccc(O)cc3)oc2c1[C@@H]1O[C@H](CO)[C@@H](O)[C@H](O)[C@H]1O. The molecule has 5 rings (SSSR count). The molecule has 0 unspecified atom stereocenters. The molecule has 0 amide bonds. The van der Waals surface area contributed by atoms with Crippen molar-refractivity contribution in [2.24, 2.45) is 0 Å². The number of rotatable bonds is 7. The number of ether oxygens (including phenoxy) is 4. The van der Waals surface area contributed by atoms with Gasteiger partial charge in [-0.25, -0.2) is 0 Å². The van der Waals surface area contributed by atoms with E-state index < -0.39 is 79.9 Å². The minimum atomic E-state index is -1.83. The summed E-state index contributed by atoms with van der Waals surface area (Å²) in [6.45, 7) is -1.47. The van der Waals surface area contributed by atoms with Crippen LogP contribution in [0, 0.1) is 0 Å². The number of phenolic OH excluding ortho intramolecular Hbond substituents is 1. The van der Waals surface area contributed by atoms with Gasteiger partial charge in [0.1, 0.15) is 83.3 Å². The average Bonchev–Trinajstić information content (AvgIpc) is 3.00. The Morgan fingerprint density at radius 1 is 0.767 bits per heavy atom. The number of phenols is 1. The third kappa shape index (κ3) is 5.56. The third-order valence-electron chi connectivity index (χ3n) is 7.61. The summed E-state index contributed by atoms with van der Waals surface area (Å²) in [7, 11) is 1.23. The molecule has 0 aliphatic carbocycles. The molecule has 2 aliphatic heterocycles. The highest BCUT2D eigenvalue weighted by molar-refractivity contribution is 5.90. The van der Waals surface area contributed by atoms with E-state index in [1.54, 1.807) is 0 Å². The smallest absolute Gasteiger partial charge is 0.229 e. The quantitative estimate of drug-likeness (QED) is 0.139. The number of hydrogen-bond acceptors (Lipinski definition) is 15. The molecule has 2 saturated heterocycles. The molecule has 2 fully saturated rings. The molecule has 0 saturated carbocycles. The molecule has 2 aromatic carbocycles. The second kappa shape index (κ2) is 12.3. The maximum absolute atomic E-state index is 13.7. The van der Waals surface area contributed by atoms with Gasteiger partial charge in [-0.2, -0.15) is 0 Å². The Morgan fingerprint density at radius 3 is 1.98 bits per heavy atom. The summed E-state index contributed by atoms with van der Waals surface area (Å²) in [6, 6.07) is 7.95. The van der Waals surface area contributed by atoms with Crippen molar-refractivity contribution in [2.45, 2.75) is 61.2 Å². The lowest BCUT2D eigenvalue weighted by Gasteiger charge is -2.41. The van der Waals surface area contributed by atoms with E-state index in [0.717, 1.165) is 6.07 Å². The predicted molar refractivity (Wildman–Crippen MR) is 143 cm³/mol. The largest absolute Gasteiger partial charge is 0.508 e. The van der Waals surface area contributed by atoms with Crippen LogP contribution in [0.2, 0.25) is 0 Å². The zero-order chi connectivity index (χ0) is 31.2. The van der Waals surface area contributed by atoms with Gasteiger partial charge in [0.25, 0.3) is 0 Å². The van der Waals surface area contributed by atoms with Crippen LogP contribution in [0.15, 0.2) is 45.6 Å². The Morgan fingerprint density at radius 2 is 1.37 bits per heavy atom. The Kier molecular flexibility index (Phi) is 8.92. The van der Waals surface area contributed by atoms with Crippen molar-refractivity contribution in [1.29, 1.82) is 0 Å². The molecule has 3 aromatic rings. The van der Waals surface area contributed by atoms with E-state index >= 15 is 0 Å². The highest BCUT2D eigenvalue weighted by atomic mass is 16.7. The summed E-state index contributed by atoms with van der Waals surface area (Å²) in [6.07, 6.45) is -16.4. The van der Waals surface area contributed by atoms with Crippen LogP contribution in [-0.2, 0) is 9.47 Å². The van der Waals surface area contributed by atoms with Crippen LogP contribution in [0.25, 0.3) is 22.3 Å². The minimum absolute atomic E-state index is 0.00427. The summed E-state index contributed by atoms with van der Waals surface area (Å²) in [4.78, 5) is 13.7. The van der Waals surface area contributed by atoms with Gasteiger partial charge in [0.2, 0.25) is 6.29 Å². The van der Waals surface area contributed by atoms with Crippen LogP contribution in [0.4, 0.5) is 0 Å². The number of fused-ring (bicyclic) bond motifs is 1. The van der Waals surface area contributed by atoms with Gasteiger partial charge >= 0.3 is 0 Å². The Balaban J connectivity index is 1.72. The van der Waals surface area contributed by atoms with Crippen molar-refractivity contribution in [2.75, 3.05) is 20.3 Å². The summed E-state index contributed by atoms with van der Waals surface area (Å²) in [5.74, 6) is -0.473. The second-order valence-corrected chi connectivity index (χ2v) is 10.3. The van der Waals surface area contributed by atoms with Crippen molar-refractivity contribution in [3.63, 3.8) is 0 Å². The fraction of sp³-hybridized carbons (Fsp3) is 0.464. The summed E-state index contributed by atoms with van der Waals surface area (Å²) >= 11 is 0. The molecule has 10 atom stereocenters. The van der Waals surface area contributed by atoms with E-state index in [1.807, 2.05) is 0 Å². The Labute approximate surface area is 242 Å². The fourth-order valence-electron chi connectivity index (χ4n) is 5.23. The normalized spacial score (nSPS) is 33.0. The molecule has 234 valence electrons. The molecular weight excluding hydrogens is 576 g/mol. The van der Waals surface area contributed by atoms with Crippen LogP contribution in [0.3, 0.4) is 0 Å². The molecule has 9 N–H and O–H groups in total. The number of aliphatic hydroxyl groups is 8. The molecule has 43 heavy (non-hydrogen) atoms. The lowest BCUT2D eigenvalue weighted by atomic mass is 9.89. The molecule has 3 heterocycles. The lowest BCUT2D eigenvalue weighted by molar-refractivity contribution is -0.277. The summed E-state index contributed by atoms with van der Waals surface area (Å²) in [5, 5.41) is 91.4. The first-order valence-corrected chi connectivity index (χ1v) is 13.3. The molecule has 1 aromatic heterocycles. The van der Waals surface area contributed by atoms with Crippen molar-refractivity contribution in [3.05, 3.63) is 52.2 Å². The van der Waals surface area contributed by atoms with Gasteiger partial charge < -0.3 is 69.3 Å². The standard InChI is InChI=1S/C28H32O15/c1-39-14-7-15(42-28-25(38)23(36)21(34)17(9-30)43-28)18-12(32)6-13(10-2-4-11(31)5-3-10)40-26(18)19(14)27-24(37)22(35)20(33)16(8-29)41-27/h2-7,16-17,20-25,27-31,33-38H,8-9H2,1H3/t16-,17-,20-,21-,22+,23+,24-,25-,27+,28-/m1/s1. The zero-order valence-corrected chi connectivity index (χ0v) is 22.6. The van der Waals surface area contributed by atoms with Crippen LogP contribution in [0.1, 0.15) is 11.7 Å². The molecular formula is C28H32O15. The van der Waals surface area contributed by atoms with Gasteiger partial charge in [-0.15, -0.1) is 0 Å². The topological polar surface area (TPSA) is 249 Å². The first-order chi connectivity index (χ1) is 20.5. The number of benzene rings is 2. The number of aromatic hydroxyl groups is 1. The number of methoxy groups -OCH3 is 1. The third-order valence-corrected chi connectivity index (χ3v) is 7.61. The van der Waals surface area contributed by atoms with Gasteiger partial charge in [0, 0.05) is 17.7 Å². The lowest BCUT2D eigenvalue weighted by Crippen LogP contribution is -2.60. The highest BCUT2D eigenvalue weighted by Gasteiger charge is 2.47. The van der Waals surface area contributed by atoms with Gasteiger partial charge in [-0.1, -0.05) is 0 Å². The average molecular weight is 609 g/mol. The fourth-order valence-corrected chi connectivity index (χ4v) is 5.23. The summed E-state index contributed by atoms with van der Waals surface area (Å²) < 4.78 is 28.7. The number of hydrogen-bond donors (Lipinski definition) is 9. The Bertz CT molecular complexity index is 1490. The molecule has 0 radical (unpaired) electrons. The van der Waals surface area contributed by atoms with Gasteiger partial charge in [-0.05, 0) is 24.3 Å². The Hall–Kier alpha value is -3.35. The molecule has 0 bridgehead atoms. The minimum Gasteiger partial charge on any atom is -0.508 e. The molecule has 2 aliphatic rings. The maximum atomic E-state index is 13.7. The first-order valence-electron chi connectivity index (χ1n) is 13.3. The van der Waals surface area contributed by atoms with E-state index in [-0.39, 0.29) is 39.5 Å². The zero-order valence-electron chi connectivity index (χ0n) is 22.6. The second-order valence-electron chi connectivity index (χ2n) is 10.3. The molecule has 0 spiro atoms. The van der Waals surface area contributed by atoms with Crippen LogP contribution in [-0.4, -0.2) is 121 Å². The van der Waals surface area contributed by atoms with Crippen molar-refractivity contribution < 1.29 is 69.3 Å². The monoisotopic (exact) mass is 608 g/mol. The van der Waals surface area contributed by atoms with Gasteiger partial charge in [0.15, 0.2) is 11.0 Å². The van der Waals surface area contributed by atoms with Crippen molar-refractivity contribution >= 4 is 11.0 Å². The van der Waals surface area contributed by atoms with E-state index in [9.17, 15) is 50.8 Å². The highest BCUT2D eigenvalue weighted by Crippen LogP contribution is 2.45. The maximum Gasteiger partial charge on any atom is 0.229 e. The van der Waals surface area contributed by atoms with Crippen LogP contribution < -0.4 is 14.9 Å². The van der Waals surface area contributed by atoms with E-state index in [4.69, 9.17) is 23.4 Å². The van der Waals surface area contributed by atoms with E-state index in [2.05, 4.69) is 0 Å². The van der Waals surface area contributed by atoms with Crippen LogP contribution >= 0.6 is 0 Å². The first kappa shape index (κ1) is 31.1. The van der Waals surface area contributed by atoms with E-state index in [0.29, 0.717) is 5.56 Å². The number of aliphatic hydroxyl groups excluding tert-OH is 8. The van der Waals surface area contributed by atoms with Gasteiger partial charge in [0.05, 0.1) is 25.9 Å². The van der Waals surface area contributed by atoms with E-state index in [1.165, 1.54) is 37.4 Å². The van der Waals surface area contributed by atoms with Crippen molar-refractivity contribution in [1.82, 2.24) is 0 Å². The predicted octanol–water partition coefficient (Wildman–Crippen LogP) is -2.13.